The molecule has 0 rings (SSSR count). The number of carbonyl (C=O) groups excluding carboxylic acids is 2. The largest absolute Gasteiger partial charge is 1.00 e. The summed E-state index contributed by atoms with van der Waals surface area (Å²) in [5.74, 6) is -2.50. The Morgan fingerprint density at radius 1 is 0.561 bits per heavy atom. The maximum absolute atomic E-state index is 13.0. The molecule has 0 aromatic carbocycles. The van der Waals surface area contributed by atoms with Crippen LogP contribution in [-0.4, -0.2) is 31.8 Å². The third-order valence-corrected chi connectivity index (χ3v) is 8.47. The van der Waals surface area contributed by atoms with Gasteiger partial charge >= 0.3 is 66.9 Å². The predicted molar refractivity (Wildman–Crippen MR) is 152 cm³/mol. The van der Waals surface area contributed by atoms with Crippen molar-refractivity contribution in [3.05, 3.63) is 0 Å². The molecule has 1 atom stereocenters. The predicted octanol–water partition coefficient (Wildman–Crippen LogP) is 0.890. The monoisotopic (exact) mass is 622 g/mol. The van der Waals surface area contributed by atoms with E-state index in [0.717, 1.165) is 38.5 Å². The van der Waals surface area contributed by atoms with Crippen LogP contribution < -0.4 is 69.3 Å². The normalized spacial score (nSPS) is 12.0. The van der Waals surface area contributed by atoms with Crippen LogP contribution in [0.4, 0.5) is 0 Å². The maximum atomic E-state index is 13.0. The van der Waals surface area contributed by atoms with Gasteiger partial charge < -0.3 is 19.8 Å². The van der Waals surface area contributed by atoms with Crippen molar-refractivity contribution in [2.45, 2.75) is 155 Å². The van der Waals surface area contributed by atoms with Crippen molar-refractivity contribution in [3.8, 4) is 0 Å². The van der Waals surface area contributed by atoms with E-state index < -0.39 is 45.8 Å². The second-order valence-electron chi connectivity index (χ2n) is 10.8. The van der Waals surface area contributed by atoms with Crippen LogP contribution in [0.15, 0.2) is 0 Å². The third kappa shape index (κ3) is 33.8. The molecule has 0 bridgehead atoms. The van der Waals surface area contributed by atoms with Crippen LogP contribution in [0.5, 0.6) is 0 Å². The fourth-order valence-electron chi connectivity index (χ4n) is 4.59. The van der Waals surface area contributed by atoms with E-state index in [4.69, 9.17) is 13.6 Å². The van der Waals surface area contributed by atoms with Crippen molar-refractivity contribution >= 4 is 19.8 Å². The van der Waals surface area contributed by atoms with Gasteiger partial charge in [-0.05, 0) is 18.8 Å². The van der Waals surface area contributed by atoms with Crippen LogP contribution >= 0.6 is 7.82 Å². The van der Waals surface area contributed by atoms with Crippen molar-refractivity contribution in [2.75, 3.05) is 19.8 Å². The number of aliphatic carboxylic acids is 2. The summed E-state index contributed by atoms with van der Waals surface area (Å²) >= 11 is 0. The molecule has 0 heterocycles. The van der Waals surface area contributed by atoms with Gasteiger partial charge in [-0.25, -0.2) is 4.57 Å². The Balaban J connectivity index is -0.00000722. The van der Waals surface area contributed by atoms with Gasteiger partial charge in [0.15, 0.2) is 0 Å². The second kappa shape index (κ2) is 33.9. The Morgan fingerprint density at radius 2 is 0.878 bits per heavy atom. The van der Waals surface area contributed by atoms with Crippen LogP contribution in [0.3, 0.4) is 0 Å². The second-order valence-corrected chi connectivity index (χ2v) is 12.4. The molecule has 0 saturated carbocycles. The number of hydrogen-bond donors (Lipinski definition) is 0. The van der Waals surface area contributed by atoms with Crippen LogP contribution in [0.2, 0.25) is 0 Å². The molecule has 8 nitrogen and oxygen atoms in total. The van der Waals surface area contributed by atoms with Crippen molar-refractivity contribution < 1.29 is 97.1 Å². The number of phosphoric ester groups is 1. The molecular formula is C30H57Na2O8P. The van der Waals surface area contributed by atoms with Crippen LogP contribution in [0.1, 0.15) is 155 Å². The van der Waals surface area contributed by atoms with Crippen LogP contribution in [0, 0.1) is 5.92 Å². The summed E-state index contributed by atoms with van der Waals surface area (Å²) in [5, 5.41) is 21.4. The van der Waals surface area contributed by atoms with Gasteiger partial charge in [-0.2, -0.15) is 0 Å². The summed E-state index contributed by atoms with van der Waals surface area (Å²) in [4.78, 5) is 21.4. The molecule has 0 saturated heterocycles. The summed E-state index contributed by atoms with van der Waals surface area (Å²) < 4.78 is 28.9. The number of carboxylic acid groups (broad SMARTS) is 2. The van der Waals surface area contributed by atoms with Crippen molar-refractivity contribution in [1.29, 1.82) is 0 Å². The molecule has 232 valence electrons. The molecule has 0 aromatic heterocycles. The number of carbonyl (C=O) groups is 2. The average Bonchev–Trinajstić information content (AvgIpc) is 2.89. The molecule has 0 aromatic rings. The molecule has 0 aliphatic rings. The first-order valence-electron chi connectivity index (χ1n) is 15.8. The van der Waals surface area contributed by atoms with E-state index >= 15 is 0 Å². The zero-order chi connectivity index (χ0) is 29.0. The maximum Gasteiger partial charge on any atom is 1.00 e. The molecule has 1 unspecified atom stereocenters. The number of unbranched alkanes of at least 4 members (excludes halogenated alkanes) is 16. The number of rotatable bonds is 31. The summed E-state index contributed by atoms with van der Waals surface area (Å²) in [5.41, 5.74) is 0. The number of carboxylic acids is 2. The number of hydrogen-bond acceptors (Lipinski definition) is 8. The molecule has 11 heteroatoms. The van der Waals surface area contributed by atoms with Gasteiger partial charge in [-0.3, -0.25) is 13.6 Å². The third-order valence-electron chi connectivity index (χ3n) is 7.01. The topological polar surface area (TPSA) is 125 Å². The Bertz CT molecular complexity index is 616. The first kappa shape index (κ1) is 46.5. The summed E-state index contributed by atoms with van der Waals surface area (Å²) in [6, 6.07) is 0. The van der Waals surface area contributed by atoms with Crippen molar-refractivity contribution in [3.63, 3.8) is 0 Å². The van der Waals surface area contributed by atoms with Crippen molar-refractivity contribution in [2.24, 2.45) is 5.92 Å². The molecule has 0 N–H and O–H groups in total. The van der Waals surface area contributed by atoms with Gasteiger partial charge in [-0.1, -0.05) is 129 Å². The molecule has 0 aliphatic heterocycles. The van der Waals surface area contributed by atoms with Crippen LogP contribution in [-0.2, 0) is 27.7 Å². The summed E-state index contributed by atoms with van der Waals surface area (Å²) in [7, 11) is -4.09. The minimum Gasteiger partial charge on any atom is -0.550 e. The van der Waals surface area contributed by atoms with Gasteiger partial charge in [0.2, 0.25) is 0 Å². The van der Waals surface area contributed by atoms with E-state index in [9.17, 15) is 24.4 Å². The zero-order valence-electron chi connectivity index (χ0n) is 27.0. The van der Waals surface area contributed by atoms with Gasteiger partial charge in [0.1, 0.15) is 0 Å². The molecule has 0 fully saturated rings. The molecule has 0 amide bonds. The minimum absolute atomic E-state index is 0. The fraction of sp³-hybridized carbons (Fsp3) is 0.933. The van der Waals surface area contributed by atoms with Gasteiger partial charge in [0.05, 0.1) is 19.8 Å². The Kier molecular flexibility index (Phi) is 38.5. The van der Waals surface area contributed by atoms with E-state index in [-0.39, 0.29) is 71.6 Å². The van der Waals surface area contributed by atoms with E-state index in [1.54, 1.807) is 0 Å². The first-order valence-corrected chi connectivity index (χ1v) is 17.2. The minimum atomic E-state index is -4.09. The van der Waals surface area contributed by atoms with E-state index in [2.05, 4.69) is 13.8 Å². The molecule has 41 heavy (non-hydrogen) atoms. The SMILES string of the molecule is CCCCCCCCCCCCC(CCCCCCCCCC)COP(=O)(OCCC(=O)[O-])OCCC(=O)[O-].[Na+].[Na+]. The van der Waals surface area contributed by atoms with Crippen molar-refractivity contribution in [1.82, 2.24) is 0 Å². The van der Waals surface area contributed by atoms with E-state index in [1.165, 1.54) is 89.9 Å². The van der Waals surface area contributed by atoms with E-state index in [0.29, 0.717) is 0 Å². The molecule has 0 spiro atoms. The quantitative estimate of drug-likeness (QED) is 0.0635. The zero-order valence-corrected chi connectivity index (χ0v) is 31.9. The Morgan fingerprint density at radius 3 is 1.20 bits per heavy atom. The van der Waals surface area contributed by atoms with Gasteiger partial charge in [0.25, 0.3) is 0 Å². The Hall–Kier alpha value is 1.05. The molecule has 0 radical (unpaired) electrons. The average molecular weight is 623 g/mol. The van der Waals surface area contributed by atoms with Crippen LogP contribution in [0.25, 0.3) is 0 Å². The number of phosphoric acid groups is 1. The molecule has 0 aliphatic carbocycles. The fourth-order valence-corrected chi connectivity index (χ4v) is 5.84. The summed E-state index contributed by atoms with van der Waals surface area (Å²) in [6.45, 7) is 3.83. The standard InChI is InChI=1S/C30H59O8P.2Na/c1-3-5-7-9-11-13-14-16-18-20-22-28(21-19-17-15-12-10-8-6-4-2)27-38-39(35,36-25-23-29(31)32)37-26-24-30(33)34;;/h28H,3-27H2,1-2H3,(H,31,32)(H,33,34);;/q;2*+1/p-2. The van der Waals surface area contributed by atoms with Gasteiger partial charge in [-0.15, -0.1) is 0 Å². The van der Waals surface area contributed by atoms with Gasteiger partial charge in [0, 0.05) is 24.8 Å². The van der Waals surface area contributed by atoms with E-state index in [1.807, 2.05) is 0 Å². The Labute approximate surface area is 295 Å². The summed E-state index contributed by atoms with van der Waals surface area (Å²) in [6.07, 6.45) is 23.4. The smallest absolute Gasteiger partial charge is 0.550 e. The molecular weight excluding hydrogens is 565 g/mol. The first-order chi connectivity index (χ1) is 18.8.